The Hall–Kier alpha value is -4.01. The predicted molar refractivity (Wildman–Crippen MR) is 162 cm³/mol. The summed E-state index contributed by atoms with van der Waals surface area (Å²) < 4.78 is 19.5. The van der Waals surface area contributed by atoms with Gasteiger partial charge < -0.3 is 18.8 Å². The molecule has 2 fully saturated rings. The van der Waals surface area contributed by atoms with E-state index in [1.165, 1.54) is 0 Å². The van der Waals surface area contributed by atoms with Crippen molar-refractivity contribution >= 4 is 22.6 Å². The van der Waals surface area contributed by atoms with Crippen LogP contribution in [-0.2, 0) is 29.2 Å². The molecule has 2 saturated heterocycles. The average Bonchev–Trinajstić information content (AvgIpc) is 3.33. The van der Waals surface area contributed by atoms with Gasteiger partial charge in [0.05, 0.1) is 37.3 Å². The van der Waals surface area contributed by atoms with Gasteiger partial charge in [0.15, 0.2) is 5.78 Å². The van der Waals surface area contributed by atoms with Gasteiger partial charge in [-0.25, -0.2) is 9.97 Å². The lowest BCUT2D eigenvalue weighted by molar-refractivity contribution is -0.0592. The summed E-state index contributed by atoms with van der Waals surface area (Å²) in [6.45, 7) is 10.4. The second-order valence-electron chi connectivity index (χ2n) is 11.2. The Kier molecular flexibility index (Phi) is 8.35. The zero-order chi connectivity index (χ0) is 29.1. The zero-order valence-corrected chi connectivity index (χ0v) is 24.4. The number of ketones is 1. The number of hydrogen-bond donors (Lipinski definition) is 0. The third-order valence-electron chi connectivity index (χ3n) is 8.41. The number of carbonyl (C=O) groups excluding carboxylic acids is 1. The summed E-state index contributed by atoms with van der Waals surface area (Å²) in [4.78, 5) is 24.1. The van der Waals surface area contributed by atoms with Crippen LogP contribution in [0.15, 0.2) is 67.2 Å². The first-order chi connectivity index (χ1) is 20.5. The minimum Gasteiger partial charge on any atom is -0.497 e. The quantitative estimate of drug-likeness (QED) is 0.163. The molecular formula is C34H38N4O4. The molecule has 2 aliphatic rings. The predicted octanol–water partition coefficient (Wildman–Crippen LogP) is 6.00. The van der Waals surface area contributed by atoms with Gasteiger partial charge in [-0.15, -0.1) is 0 Å². The van der Waals surface area contributed by atoms with Gasteiger partial charge in [0.1, 0.15) is 18.2 Å². The van der Waals surface area contributed by atoms with Gasteiger partial charge in [-0.1, -0.05) is 30.8 Å². The van der Waals surface area contributed by atoms with E-state index in [2.05, 4.69) is 34.2 Å². The van der Waals surface area contributed by atoms with Crippen LogP contribution in [0.25, 0.3) is 16.8 Å². The van der Waals surface area contributed by atoms with Crippen LogP contribution in [0, 0.1) is 0 Å². The summed E-state index contributed by atoms with van der Waals surface area (Å²) in [5.74, 6) is 2.77. The molecule has 42 heavy (non-hydrogen) atoms. The zero-order valence-electron chi connectivity index (χ0n) is 24.4. The molecule has 1 atom stereocenters. The highest BCUT2D eigenvalue weighted by atomic mass is 16.5. The molecule has 0 radical (unpaired) electrons. The van der Waals surface area contributed by atoms with Crippen LogP contribution >= 0.6 is 0 Å². The fourth-order valence-corrected chi connectivity index (χ4v) is 5.78. The van der Waals surface area contributed by atoms with Gasteiger partial charge >= 0.3 is 0 Å². The smallest absolute Gasteiger partial charge is 0.213 e. The SMILES string of the molecule is C=C(OC)c1ccc2nc(CN3CCC(c4cccc(OCc5cccc(C(C)=O)c5)n4)CC3)n(CC3CCO3)c2c1. The molecule has 6 rings (SSSR count). The summed E-state index contributed by atoms with van der Waals surface area (Å²) in [5, 5.41) is 0. The van der Waals surface area contributed by atoms with E-state index < -0.39 is 0 Å². The molecule has 0 spiro atoms. The minimum atomic E-state index is 0.0513. The number of hydrogen-bond acceptors (Lipinski definition) is 7. The summed E-state index contributed by atoms with van der Waals surface area (Å²) >= 11 is 0. The lowest BCUT2D eigenvalue weighted by Crippen LogP contribution is -2.35. The maximum Gasteiger partial charge on any atom is 0.213 e. The third kappa shape index (κ3) is 6.25. The molecule has 0 aliphatic carbocycles. The number of methoxy groups -OCH3 is 1. The van der Waals surface area contributed by atoms with E-state index in [0.29, 0.717) is 29.7 Å². The van der Waals surface area contributed by atoms with Crippen molar-refractivity contribution in [3.63, 3.8) is 0 Å². The molecule has 218 valence electrons. The monoisotopic (exact) mass is 566 g/mol. The molecule has 0 amide bonds. The number of likely N-dealkylation sites (tertiary alicyclic amines) is 1. The molecule has 4 aromatic rings. The van der Waals surface area contributed by atoms with E-state index in [1.807, 2.05) is 42.5 Å². The van der Waals surface area contributed by atoms with E-state index in [1.54, 1.807) is 14.0 Å². The molecular weight excluding hydrogens is 528 g/mol. The van der Waals surface area contributed by atoms with Gasteiger partial charge in [-0.2, -0.15) is 0 Å². The molecule has 0 bridgehead atoms. The summed E-state index contributed by atoms with van der Waals surface area (Å²) in [7, 11) is 1.65. The Morgan fingerprint density at radius 1 is 1.02 bits per heavy atom. The van der Waals surface area contributed by atoms with Crippen LogP contribution in [0.3, 0.4) is 0 Å². The maximum atomic E-state index is 11.7. The number of fused-ring (bicyclic) bond motifs is 1. The Bertz CT molecular complexity index is 1580. The number of pyridine rings is 1. The van der Waals surface area contributed by atoms with E-state index in [-0.39, 0.29) is 11.9 Å². The molecule has 4 heterocycles. The highest BCUT2D eigenvalue weighted by Gasteiger charge is 2.26. The Labute approximate surface area is 246 Å². The number of rotatable bonds is 11. The number of ether oxygens (including phenoxy) is 3. The number of carbonyl (C=O) groups is 1. The normalized spacial score (nSPS) is 17.6. The van der Waals surface area contributed by atoms with Gasteiger partial charge in [-0.3, -0.25) is 9.69 Å². The minimum absolute atomic E-state index is 0.0513. The molecule has 1 unspecified atom stereocenters. The van der Waals surface area contributed by atoms with Crippen molar-refractivity contribution in [2.24, 2.45) is 0 Å². The van der Waals surface area contributed by atoms with Crippen LogP contribution in [0.4, 0.5) is 0 Å². The van der Waals surface area contributed by atoms with E-state index in [4.69, 9.17) is 24.2 Å². The van der Waals surface area contributed by atoms with Gasteiger partial charge in [-0.05, 0) is 75.2 Å². The maximum absolute atomic E-state index is 11.7. The molecule has 8 heteroatoms. The number of nitrogens with zero attached hydrogens (tertiary/aromatic N) is 4. The Morgan fingerprint density at radius 2 is 1.83 bits per heavy atom. The van der Waals surface area contributed by atoms with Crippen molar-refractivity contribution in [2.75, 3.05) is 26.8 Å². The third-order valence-corrected chi connectivity index (χ3v) is 8.41. The molecule has 2 aromatic carbocycles. The Morgan fingerprint density at radius 3 is 2.57 bits per heavy atom. The summed E-state index contributed by atoms with van der Waals surface area (Å²) in [6, 6.07) is 19.8. The van der Waals surface area contributed by atoms with Crippen molar-refractivity contribution in [1.82, 2.24) is 19.4 Å². The van der Waals surface area contributed by atoms with Crippen LogP contribution in [-0.4, -0.2) is 58.1 Å². The number of aromatic nitrogens is 3. The number of benzene rings is 2. The topological polar surface area (TPSA) is 78.7 Å². The average molecular weight is 567 g/mol. The van der Waals surface area contributed by atoms with Crippen LogP contribution in [0.5, 0.6) is 5.88 Å². The fourth-order valence-electron chi connectivity index (χ4n) is 5.78. The van der Waals surface area contributed by atoms with Gasteiger partial charge in [0.2, 0.25) is 5.88 Å². The van der Waals surface area contributed by atoms with Crippen molar-refractivity contribution in [3.8, 4) is 5.88 Å². The first-order valence-corrected chi connectivity index (χ1v) is 14.7. The molecule has 2 aliphatic heterocycles. The van der Waals surface area contributed by atoms with Crippen molar-refractivity contribution in [2.45, 2.75) is 57.9 Å². The van der Waals surface area contributed by atoms with Crippen LogP contribution < -0.4 is 4.74 Å². The van der Waals surface area contributed by atoms with E-state index in [0.717, 1.165) is 85.7 Å². The lowest BCUT2D eigenvalue weighted by Gasteiger charge is -2.32. The first-order valence-electron chi connectivity index (χ1n) is 14.7. The standard InChI is InChI=1S/C34H38N4O4/c1-23(39)27-7-4-6-25(18-27)22-42-34-9-5-8-30(36-34)26-12-15-37(16-13-26)21-33-35-31-11-10-28(24(2)40-3)19-32(31)38(33)20-29-14-17-41-29/h4-11,18-19,26,29H,2,12-17,20-22H2,1,3H3. The lowest BCUT2D eigenvalue weighted by atomic mass is 9.93. The molecule has 8 nitrogen and oxygen atoms in total. The Balaban J connectivity index is 1.10. The van der Waals surface area contributed by atoms with Crippen LogP contribution in [0.1, 0.15) is 65.1 Å². The largest absolute Gasteiger partial charge is 0.497 e. The van der Waals surface area contributed by atoms with Crippen molar-refractivity contribution in [1.29, 1.82) is 0 Å². The molecule has 2 aromatic heterocycles. The summed E-state index contributed by atoms with van der Waals surface area (Å²) in [5.41, 5.74) is 5.78. The molecule has 0 N–H and O–H groups in total. The molecule has 0 saturated carbocycles. The van der Waals surface area contributed by atoms with Crippen molar-refractivity contribution in [3.05, 3.63) is 95.5 Å². The number of imidazole rings is 1. The fraction of sp³-hybridized carbons (Fsp3) is 0.382. The second kappa shape index (κ2) is 12.5. The van der Waals surface area contributed by atoms with Crippen molar-refractivity contribution < 1.29 is 19.0 Å². The second-order valence-corrected chi connectivity index (χ2v) is 11.2. The van der Waals surface area contributed by atoms with E-state index >= 15 is 0 Å². The summed E-state index contributed by atoms with van der Waals surface area (Å²) in [6.07, 6.45) is 3.37. The van der Waals surface area contributed by atoms with Gasteiger partial charge in [0, 0.05) is 35.4 Å². The van der Waals surface area contributed by atoms with Crippen LogP contribution in [0.2, 0.25) is 0 Å². The van der Waals surface area contributed by atoms with Gasteiger partial charge in [0.25, 0.3) is 0 Å². The first kappa shape index (κ1) is 28.1. The van der Waals surface area contributed by atoms with E-state index in [9.17, 15) is 4.79 Å². The highest BCUT2D eigenvalue weighted by molar-refractivity contribution is 5.94. The number of Topliss-reactive ketones (excluding diaryl/α,β-unsaturated/α-hetero) is 1. The number of piperidine rings is 1. The highest BCUT2D eigenvalue weighted by Crippen LogP contribution is 2.30.